The number of nitrogens with one attached hydrogen (secondary N) is 1. The van der Waals surface area contributed by atoms with Crippen LogP contribution in [0.2, 0.25) is 0 Å². The summed E-state index contributed by atoms with van der Waals surface area (Å²) in [6.07, 6.45) is 13.8. The first-order chi connectivity index (χ1) is 24.9. The second-order valence-electron chi connectivity index (χ2n) is 15.2. The van der Waals surface area contributed by atoms with E-state index in [2.05, 4.69) is 36.0 Å². The van der Waals surface area contributed by atoms with Crippen LogP contribution in [0.25, 0.3) is 32.9 Å². The lowest BCUT2D eigenvalue weighted by atomic mass is 9.93. The van der Waals surface area contributed by atoms with Gasteiger partial charge in [-0.05, 0) is 67.6 Å². The van der Waals surface area contributed by atoms with E-state index in [0.717, 1.165) is 45.2 Å². The summed E-state index contributed by atoms with van der Waals surface area (Å²) in [6.45, 7) is 9.49. The summed E-state index contributed by atoms with van der Waals surface area (Å²) in [7, 11) is 2.95. The number of hydrogen-bond acceptors (Lipinski definition) is 9. The van der Waals surface area contributed by atoms with Crippen LogP contribution < -0.4 is 19.7 Å². The Kier molecular flexibility index (Phi) is 11.2. The molecule has 0 aliphatic carbocycles. The number of carbonyl (C=O) groups is 1. The fourth-order valence-corrected chi connectivity index (χ4v) is 7.65. The van der Waals surface area contributed by atoms with E-state index in [1.165, 1.54) is 33.1 Å². The van der Waals surface area contributed by atoms with Gasteiger partial charge in [0.05, 0.1) is 25.2 Å². The van der Waals surface area contributed by atoms with Crippen molar-refractivity contribution in [2.45, 2.75) is 83.6 Å². The molecule has 2 aromatic heterocycles. The maximum Gasteiger partial charge on any atom is 0.318 e. The van der Waals surface area contributed by atoms with E-state index in [9.17, 15) is 13.6 Å². The van der Waals surface area contributed by atoms with E-state index < -0.39 is 17.8 Å². The van der Waals surface area contributed by atoms with E-state index >= 15 is 4.39 Å². The molecule has 8 rings (SSSR count). The van der Waals surface area contributed by atoms with Crippen molar-refractivity contribution in [3.8, 4) is 35.4 Å². The van der Waals surface area contributed by atoms with Crippen molar-refractivity contribution in [2.75, 3.05) is 45.3 Å². The normalized spacial score (nSPS) is 22.2. The zero-order valence-corrected chi connectivity index (χ0v) is 30.5. The third kappa shape index (κ3) is 7.96. The number of halogens is 3. The Morgan fingerprint density at radius 1 is 1.06 bits per heavy atom. The first-order valence-corrected chi connectivity index (χ1v) is 17.9. The highest BCUT2D eigenvalue weighted by Gasteiger charge is 2.35. The maximum atomic E-state index is 16.3. The number of pyridine rings is 1. The van der Waals surface area contributed by atoms with Gasteiger partial charge in [-0.2, -0.15) is 9.97 Å². The van der Waals surface area contributed by atoms with E-state index in [1.807, 2.05) is 20.8 Å². The molecular formula is C40H47F3N6O3. The van der Waals surface area contributed by atoms with E-state index in [-0.39, 0.29) is 28.2 Å². The number of rotatable bonds is 5. The number of carbonyl (C=O) groups excluding carboxylic acids is 1. The molecule has 0 spiro atoms. The molecule has 4 aromatic rings. The summed E-state index contributed by atoms with van der Waals surface area (Å²) in [4.78, 5) is 27.6. The van der Waals surface area contributed by atoms with Gasteiger partial charge in [0.1, 0.15) is 41.1 Å². The maximum absolute atomic E-state index is 16.3. The first kappa shape index (κ1) is 37.3. The quantitative estimate of drug-likeness (QED) is 0.175. The summed E-state index contributed by atoms with van der Waals surface area (Å²) in [6, 6.07) is 7.58. The van der Waals surface area contributed by atoms with E-state index in [0.29, 0.717) is 64.4 Å². The Morgan fingerprint density at radius 2 is 1.81 bits per heavy atom. The topological polar surface area (TPSA) is 92.7 Å². The SMILES string of the molecule is C#Cc1c(F)ccc2cc(OC)cc(-c3ncc4c(N5CC6CCC(C5)N6)nc(OC)nc4c3F)c12.CC(C)(C)CC=O.F[C@@H]1CC2CCCN2C1. The minimum absolute atomic E-state index is 0.0133. The van der Waals surface area contributed by atoms with Crippen molar-refractivity contribution in [1.82, 2.24) is 25.2 Å². The number of ether oxygens (including phenoxy) is 2. The fraction of sp³-hybridized carbons (Fsp3) is 0.500. The first-order valence-electron chi connectivity index (χ1n) is 17.9. The fourth-order valence-electron chi connectivity index (χ4n) is 7.65. The van der Waals surface area contributed by atoms with Crippen molar-refractivity contribution < 1.29 is 27.4 Å². The summed E-state index contributed by atoms with van der Waals surface area (Å²) in [5, 5.41) is 5.05. The number of methoxy groups -OCH3 is 2. The summed E-state index contributed by atoms with van der Waals surface area (Å²) in [5.74, 6) is 2.20. The number of aldehydes is 1. The van der Waals surface area contributed by atoms with Gasteiger partial charge in [0.15, 0.2) is 5.82 Å². The van der Waals surface area contributed by atoms with Crippen molar-refractivity contribution in [3.63, 3.8) is 0 Å². The van der Waals surface area contributed by atoms with E-state index in [4.69, 9.17) is 15.9 Å². The Balaban J connectivity index is 0.000000238. The van der Waals surface area contributed by atoms with Crippen molar-refractivity contribution in [1.29, 1.82) is 0 Å². The van der Waals surface area contributed by atoms with Gasteiger partial charge in [-0.3, -0.25) is 9.88 Å². The lowest BCUT2D eigenvalue weighted by molar-refractivity contribution is -0.109. The molecule has 4 atom stereocenters. The van der Waals surface area contributed by atoms with E-state index in [1.54, 1.807) is 24.4 Å². The molecule has 276 valence electrons. The second kappa shape index (κ2) is 15.6. The predicted molar refractivity (Wildman–Crippen MR) is 198 cm³/mol. The molecule has 0 radical (unpaired) electrons. The number of alkyl halides is 1. The number of hydrogen-bond donors (Lipinski definition) is 1. The van der Waals surface area contributed by atoms with Gasteiger partial charge in [-0.25, -0.2) is 13.2 Å². The number of benzene rings is 2. The van der Waals surface area contributed by atoms with Gasteiger partial charge >= 0.3 is 6.01 Å². The zero-order chi connectivity index (χ0) is 37.2. The Bertz CT molecular complexity index is 1960. The molecule has 2 bridgehead atoms. The highest BCUT2D eigenvalue weighted by Crippen LogP contribution is 2.39. The Morgan fingerprint density at radius 3 is 2.42 bits per heavy atom. The largest absolute Gasteiger partial charge is 0.497 e. The van der Waals surface area contributed by atoms with Gasteiger partial charge in [-0.15, -0.1) is 6.42 Å². The third-order valence-corrected chi connectivity index (χ3v) is 10.2. The number of fused-ring (bicyclic) bond motifs is 5. The summed E-state index contributed by atoms with van der Waals surface area (Å²) < 4.78 is 54.3. The van der Waals surface area contributed by atoms with Crippen molar-refractivity contribution in [2.24, 2.45) is 5.41 Å². The molecule has 6 heterocycles. The van der Waals surface area contributed by atoms with Gasteiger partial charge < -0.3 is 24.5 Å². The Labute approximate surface area is 303 Å². The lowest BCUT2D eigenvalue weighted by Gasteiger charge is -2.34. The van der Waals surface area contributed by atoms with Crippen LogP contribution in [0.5, 0.6) is 11.8 Å². The smallest absolute Gasteiger partial charge is 0.318 e. The highest BCUT2D eigenvalue weighted by molar-refractivity contribution is 6.03. The van der Waals surface area contributed by atoms with Crippen molar-refractivity contribution >= 4 is 33.8 Å². The molecule has 0 saturated carbocycles. The van der Waals surface area contributed by atoms with Gasteiger partial charge in [0, 0.05) is 61.3 Å². The average Bonchev–Trinajstić information content (AvgIpc) is 3.81. The molecule has 9 nitrogen and oxygen atoms in total. The predicted octanol–water partition coefficient (Wildman–Crippen LogP) is 6.88. The van der Waals surface area contributed by atoms with Crippen LogP contribution in [0, 0.1) is 29.4 Å². The molecule has 0 amide bonds. The Hall–Kier alpha value is -4.47. The number of piperazine rings is 1. The van der Waals surface area contributed by atoms with Gasteiger partial charge in [-0.1, -0.05) is 32.8 Å². The molecular weight excluding hydrogens is 669 g/mol. The van der Waals surface area contributed by atoms with Gasteiger partial charge in [0.2, 0.25) is 0 Å². The molecule has 2 aromatic carbocycles. The standard InChI is InChI=1S/C27H23F2N5O2.C7H12FN.C6H12O/c1-4-18-21(28)8-5-14-9-17(35-2)10-19(22(14)18)24-23(29)25-20(11-30-24)26(33-27(32-25)36-3)34-12-15-6-7-16(13-34)31-15;8-6-4-7-2-1-3-9(7)5-6;1-6(2,3)4-5-7/h1,5,8-11,15-16,31H,6-7,12-13H2,2-3H3;6-7H,1-5H2;5H,4H2,1-3H3/t;6-,7?;/m.1./s1. The number of anilines is 1. The van der Waals surface area contributed by atoms with Crippen LogP contribution >= 0.6 is 0 Å². The average molecular weight is 717 g/mol. The van der Waals surface area contributed by atoms with Crippen LogP contribution in [-0.4, -0.2) is 90.8 Å². The number of nitrogens with zero attached hydrogens (tertiary/aromatic N) is 5. The summed E-state index contributed by atoms with van der Waals surface area (Å²) >= 11 is 0. The summed E-state index contributed by atoms with van der Waals surface area (Å²) in [5.41, 5.74) is 0.587. The monoisotopic (exact) mass is 716 g/mol. The number of aromatic nitrogens is 3. The molecule has 4 aliphatic rings. The lowest BCUT2D eigenvalue weighted by Crippen LogP contribution is -2.51. The third-order valence-electron chi connectivity index (χ3n) is 10.2. The molecule has 3 unspecified atom stereocenters. The molecule has 4 aliphatic heterocycles. The van der Waals surface area contributed by atoms with Crippen LogP contribution in [-0.2, 0) is 4.79 Å². The molecule has 4 saturated heterocycles. The molecule has 1 N–H and O–H groups in total. The van der Waals surface area contributed by atoms with Crippen LogP contribution in [0.1, 0.15) is 64.9 Å². The molecule has 4 fully saturated rings. The minimum Gasteiger partial charge on any atom is -0.497 e. The minimum atomic E-state index is -0.672. The zero-order valence-electron chi connectivity index (χ0n) is 30.5. The van der Waals surface area contributed by atoms with Crippen molar-refractivity contribution in [3.05, 3.63) is 47.7 Å². The highest BCUT2D eigenvalue weighted by atomic mass is 19.1. The molecule has 52 heavy (non-hydrogen) atoms. The second-order valence-corrected chi connectivity index (χ2v) is 15.2. The van der Waals surface area contributed by atoms with Crippen LogP contribution in [0.15, 0.2) is 30.5 Å². The number of terminal acetylenes is 1. The van der Waals surface area contributed by atoms with Crippen LogP contribution in [0.4, 0.5) is 19.0 Å². The van der Waals surface area contributed by atoms with Gasteiger partial charge in [0.25, 0.3) is 0 Å². The van der Waals surface area contributed by atoms with Crippen LogP contribution in [0.3, 0.4) is 0 Å². The molecule has 12 heteroatoms.